The third kappa shape index (κ3) is 3.36. The zero-order valence-electron chi connectivity index (χ0n) is 9.18. The average molecular weight is 234 g/mol. The predicted molar refractivity (Wildman–Crippen MR) is 64.3 cm³/mol. The molecule has 0 aromatic carbocycles. The summed E-state index contributed by atoms with van der Waals surface area (Å²) in [6.07, 6.45) is 2.76. The van der Waals surface area contributed by atoms with Gasteiger partial charge < -0.3 is 5.32 Å². The number of thiazole rings is 1. The molecule has 5 heteroatoms. The predicted octanol–water partition coefficient (Wildman–Crippen LogP) is 1.57. The lowest BCUT2D eigenvalue weighted by molar-refractivity contribution is 0.666. The summed E-state index contributed by atoms with van der Waals surface area (Å²) in [7, 11) is 0. The van der Waals surface area contributed by atoms with E-state index in [4.69, 9.17) is 0 Å². The van der Waals surface area contributed by atoms with E-state index in [-0.39, 0.29) is 0 Å². The van der Waals surface area contributed by atoms with Gasteiger partial charge >= 0.3 is 0 Å². The van der Waals surface area contributed by atoms with E-state index in [0.29, 0.717) is 0 Å². The third-order valence-electron chi connectivity index (χ3n) is 2.18. The molecule has 0 aliphatic rings. The summed E-state index contributed by atoms with van der Waals surface area (Å²) in [4.78, 5) is 12.6. The molecular formula is C11H14N4S. The van der Waals surface area contributed by atoms with Gasteiger partial charge in [-0.05, 0) is 13.0 Å². The van der Waals surface area contributed by atoms with Gasteiger partial charge in [-0.15, -0.1) is 11.3 Å². The van der Waals surface area contributed by atoms with Crippen LogP contribution in [0.1, 0.15) is 17.2 Å². The molecule has 0 atom stereocenters. The Morgan fingerprint density at radius 2 is 2.25 bits per heavy atom. The van der Waals surface area contributed by atoms with E-state index in [9.17, 15) is 0 Å². The van der Waals surface area contributed by atoms with Crippen LogP contribution in [-0.2, 0) is 13.0 Å². The van der Waals surface area contributed by atoms with E-state index in [0.717, 1.165) is 36.7 Å². The fourth-order valence-corrected chi connectivity index (χ4v) is 1.99. The van der Waals surface area contributed by atoms with Crippen molar-refractivity contribution >= 4 is 11.3 Å². The van der Waals surface area contributed by atoms with Crippen molar-refractivity contribution in [2.75, 3.05) is 6.54 Å². The first-order chi connectivity index (χ1) is 7.84. The van der Waals surface area contributed by atoms with Gasteiger partial charge in [0.25, 0.3) is 0 Å². The van der Waals surface area contributed by atoms with Crippen LogP contribution in [0.15, 0.2) is 23.2 Å². The molecular weight excluding hydrogens is 220 g/mol. The maximum Gasteiger partial charge on any atom is 0.125 e. The van der Waals surface area contributed by atoms with Gasteiger partial charge in [-0.3, -0.25) is 0 Å². The monoisotopic (exact) mass is 234 g/mol. The minimum atomic E-state index is 0.785. The highest BCUT2D eigenvalue weighted by Crippen LogP contribution is 2.01. The number of aromatic nitrogens is 3. The maximum absolute atomic E-state index is 4.32. The zero-order chi connectivity index (χ0) is 11.2. The molecule has 4 nitrogen and oxygen atoms in total. The van der Waals surface area contributed by atoms with Crippen molar-refractivity contribution in [1.82, 2.24) is 20.3 Å². The van der Waals surface area contributed by atoms with Crippen molar-refractivity contribution in [3.05, 3.63) is 40.4 Å². The first kappa shape index (κ1) is 11.2. The summed E-state index contributed by atoms with van der Waals surface area (Å²) in [5.41, 5.74) is 4.05. The molecule has 84 valence electrons. The summed E-state index contributed by atoms with van der Waals surface area (Å²) in [5.74, 6) is 0.818. The zero-order valence-corrected chi connectivity index (χ0v) is 10.00. The SMILES string of the molecule is Cc1nccc(CNCCc2cscn2)n1. The second kappa shape index (κ2) is 5.67. The molecule has 0 amide bonds. The fraction of sp³-hybridized carbons (Fsp3) is 0.364. The molecule has 0 spiro atoms. The van der Waals surface area contributed by atoms with Crippen molar-refractivity contribution in [2.45, 2.75) is 19.9 Å². The number of nitrogens with zero attached hydrogens (tertiary/aromatic N) is 3. The summed E-state index contributed by atoms with van der Waals surface area (Å²) >= 11 is 1.64. The van der Waals surface area contributed by atoms with Gasteiger partial charge in [-0.25, -0.2) is 15.0 Å². The normalized spacial score (nSPS) is 10.6. The molecule has 2 rings (SSSR count). The minimum absolute atomic E-state index is 0.785. The number of hydrogen-bond acceptors (Lipinski definition) is 5. The highest BCUT2D eigenvalue weighted by molar-refractivity contribution is 7.07. The van der Waals surface area contributed by atoms with Gasteiger partial charge in [-0.1, -0.05) is 0 Å². The van der Waals surface area contributed by atoms with E-state index in [1.165, 1.54) is 0 Å². The highest BCUT2D eigenvalue weighted by Gasteiger charge is 1.97. The van der Waals surface area contributed by atoms with Gasteiger partial charge in [0, 0.05) is 31.1 Å². The Morgan fingerprint density at radius 1 is 1.31 bits per heavy atom. The Labute approximate surface area is 98.8 Å². The van der Waals surface area contributed by atoms with E-state index in [1.807, 2.05) is 18.5 Å². The lowest BCUT2D eigenvalue weighted by Crippen LogP contribution is -2.17. The Morgan fingerprint density at radius 3 is 3.00 bits per heavy atom. The third-order valence-corrected chi connectivity index (χ3v) is 2.82. The Bertz CT molecular complexity index is 427. The van der Waals surface area contributed by atoms with Gasteiger partial charge in [0.05, 0.1) is 16.9 Å². The maximum atomic E-state index is 4.32. The summed E-state index contributed by atoms with van der Waals surface area (Å²) in [5, 5.41) is 5.42. The second-order valence-electron chi connectivity index (χ2n) is 3.50. The van der Waals surface area contributed by atoms with Crippen molar-refractivity contribution in [3.8, 4) is 0 Å². The fourth-order valence-electron chi connectivity index (χ4n) is 1.40. The lowest BCUT2D eigenvalue weighted by Gasteiger charge is -2.03. The Kier molecular flexibility index (Phi) is 3.96. The van der Waals surface area contributed by atoms with Crippen LogP contribution in [0, 0.1) is 6.92 Å². The molecule has 2 aromatic heterocycles. The van der Waals surface area contributed by atoms with Gasteiger partial charge in [0.15, 0.2) is 0 Å². The molecule has 0 radical (unpaired) electrons. The minimum Gasteiger partial charge on any atom is -0.311 e. The van der Waals surface area contributed by atoms with E-state index in [1.54, 1.807) is 17.5 Å². The van der Waals surface area contributed by atoms with Crippen LogP contribution in [0.4, 0.5) is 0 Å². The van der Waals surface area contributed by atoms with Crippen LogP contribution in [0.2, 0.25) is 0 Å². The van der Waals surface area contributed by atoms with Crippen molar-refractivity contribution in [1.29, 1.82) is 0 Å². The van der Waals surface area contributed by atoms with Crippen molar-refractivity contribution in [2.24, 2.45) is 0 Å². The molecule has 0 bridgehead atoms. The van der Waals surface area contributed by atoms with Crippen LogP contribution in [0.5, 0.6) is 0 Å². The number of aryl methyl sites for hydroxylation is 1. The second-order valence-corrected chi connectivity index (χ2v) is 4.22. The molecule has 0 unspecified atom stereocenters. The van der Waals surface area contributed by atoms with Crippen LogP contribution in [0.3, 0.4) is 0 Å². The summed E-state index contributed by atoms with van der Waals surface area (Å²) in [6, 6.07) is 1.93. The quantitative estimate of drug-likeness (QED) is 0.798. The van der Waals surface area contributed by atoms with Crippen molar-refractivity contribution < 1.29 is 0 Å². The molecule has 0 aliphatic carbocycles. The van der Waals surface area contributed by atoms with E-state index >= 15 is 0 Å². The Hall–Kier alpha value is -1.33. The van der Waals surface area contributed by atoms with Crippen LogP contribution in [0.25, 0.3) is 0 Å². The van der Waals surface area contributed by atoms with Gasteiger partial charge in [0.1, 0.15) is 5.82 Å². The molecule has 2 aromatic rings. The molecule has 16 heavy (non-hydrogen) atoms. The van der Waals surface area contributed by atoms with E-state index < -0.39 is 0 Å². The first-order valence-corrected chi connectivity index (χ1v) is 6.15. The smallest absolute Gasteiger partial charge is 0.125 e. The van der Waals surface area contributed by atoms with Crippen LogP contribution < -0.4 is 5.32 Å². The topological polar surface area (TPSA) is 50.7 Å². The molecule has 1 N–H and O–H groups in total. The van der Waals surface area contributed by atoms with E-state index in [2.05, 4.69) is 25.6 Å². The molecule has 2 heterocycles. The molecule has 0 fully saturated rings. The average Bonchev–Trinajstić information content (AvgIpc) is 2.77. The highest BCUT2D eigenvalue weighted by atomic mass is 32.1. The number of rotatable bonds is 5. The van der Waals surface area contributed by atoms with Crippen LogP contribution in [-0.4, -0.2) is 21.5 Å². The number of hydrogen-bond donors (Lipinski definition) is 1. The first-order valence-electron chi connectivity index (χ1n) is 5.21. The number of nitrogens with one attached hydrogen (secondary N) is 1. The Balaban J connectivity index is 1.72. The van der Waals surface area contributed by atoms with Gasteiger partial charge in [-0.2, -0.15) is 0 Å². The largest absolute Gasteiger partial charge is 0.311 e. The lowest BCUT2D eigenvalue weighted by atomic mass is 10.3. The summed E-state index contributed by atoms with van der Waals surface area (Å²) < 4.78 is 0. The summed E-state index contributed by atoms with van der Waals surface area (Å²) in [6.45, 7) is 3.61. The van der Waals surface area contributed by atoms with Crippen molar-refractivity contribution in [3.63, 3.8) is 0 Å². The van der Waals surface area contributed by atoms with Gasteiger partial charge in [0.2, 0.25) is 0 Å². The molecule has 0 saturated heterocycles. The molecule has 0 aliphatic heterocycles. The molecule has 0 saturated carbocycles. The van der Waals surface area contributed by atoms with Crippen LogP contribution >= 0.6 is 11.3 Å². The standard InChI is InChI=1S/C11H14N4S/c1-9-13-5-3-10(15-9)6-12-4-2-11-7-16-8-14-11/h3,5,7-8,12H,2,4,6H2,1H3.